The fourth-order valence-electron chi connectivity index (χ4n) is 4.44. The van der Waals surface area contributed by atoms with E-state index in [4.69, 9.17) is 4.74 Å². The lowest BCUT2D eigenvalue weighted by Crippen LogP contribution is -2.43. The minimum Gasteiger partial charge on any atom is -0.497 e. The third-order valence-corrected chi connectivity index (χ3v) is 7.72. The number of rotatable bonds is 3. The number of hydrogen-bond acceptors (Lipinski definition) is 5. The number of methoxy groups -OCH3 is 1. The highest BCUT2D eigenvalue weighted by Gasteiger charge is 2.45. The highest BCUT2D eigenvalue weighted by atomic mass is 32.2. The van der Waals surface area contributed by atoms with Crippen molar-refractivity contribution in [2.75, 3.05) is 7.11 Å². The molecule has 1 unspecified atom stereocenters. The lowest BCUT2D eigenvalue weighted by Gasteiger charge is -2.29. The number of hydrogen-bond donors (Lipinski definition) is 0. The summed E-state index contributed by atoms with van der Waals surface area (Å²) in [5, 5.41) is 0.603. The van der Waals surface area contributed by atoms with Crippen molar-refractivity contribution in [3.8, 4) is 5.75 Å². The van der Waals surface area contributed by atoms with Crippen molar-refractivity contribution in [3.05, 3.63) is 59.3 Å². The van der Waals surface area contributed by atoms with Gasteiger partial charge in [0.2, 0.25) is 11.7 Å². The molecule has 1 amide bonds. The molecule has 1 atom stereocenters. The molecule has 8 heteroatoms. The predicted octanol–water partition coefficient (Wildman–Crippen LogP) is 2.88. The van der Waals surface area contributed by atoms with Crippen molar-refractivity contribution in [3.63, 3.8) is 0 Å². The van der Waals surface area contributed by atoms with E-state index in [0.29, 0.717) is 35.1 Å². The Balaban J connectivity index is 1.83. The number of ether oxygens (including phenoxy) is 1. The molecule has 154 valence electrons. The van der Waals surface area contributed by atoms with Crippen molar-refractivity contribution in [1.82, 2.24) is 8.87 Å². The van der Waals surface area contributed by atoms with Crippen molar-refractivity contribution in [2.45, 2.75) is 37.2 Å². The molecule has 2 aromatic carbocycles. The van der Waals surface area contributed by atoms with Crippen LogP contribution in [0.2, 0.25) is 0 Å². The Labute approximate surface area is 173 Å². The Bertz CT molecular complexity index is 1320. The topological polar surface area (TPSA) is 85.7 Å². The second-order valence-corrected chi connectivity index (χ2v) is 9.52. The number of aromatic nitrogens is 1. The molecule has 1 saturated heterocycles. The fraction of sp³-hybridized carbons (Fsp3) is 0.273. The van der Waals surface area contributed by atoms with Gasteiger partial charge in [-0.2, -0.15) is 0 Å². The first kappa shape index (κ1) is 18.9. The molecule has 0 aliphatic carbocycles. The van der Waals surface area contributed by atoms with Crippen LogP contribution >= 0.6 is 0 Å². The first-order chi connectivity index (χ1) is 14.3. The lowest BCUT2D eigenvalue weighted by molar-refractivity contribution is -0.129. The summed E-state index contributed by atoms with van der Waals surface area (Å²) >= 11 is 0. The lowest BCUT2D eigenvalue weighted by atomic mass is 9.97. The number of carbonyl (C=O) groups is 2. The number of fused-ring (bicyclic) bond motifs is 4. The number of nitrogens with zero attached hydrogens (tertiary/aromatic N) is 2. The zero-order valence-electron chi connectivity index (χ0n) is 16.6. The van der Waals surface area contributed by atoms with Gasteiger partial charge in [-0.25, -0.2) is 12.4 Å². The van der Waals surface area contributed by atoms with Crippen molar-refractivity contribution < 1.29 is 22.7 Å². The SMILES string of the molecule is COc1ccc2c(c1)c1c(n2S(=O)(=O)c2ccc(C)cc2)C(=O)C2CCC(=O)N2C1. The summed E-state index contributed by atoms with van der Waals surface area (Å²) in [5.74, 6) is 0.148. The second-order valence-electron chi connectivity index (χ2n) is 7.73. The van der Waals surface area contributed by atoms with Crippen LogP contribution in [0, 0.1) is 6.92 Å². The van der Waals surface area contributed by atoms with Crippen LogP contribution in [0.1, 0.15) is 34.5 Å². The van der Waals surface area contributed by atoms with Gasteiger partial charge < -0.3 is 9.64 Å². The van der Waals surface area contributed by atoms with Crippen LogP contribution in [0.3, 0.4) is 0 Å². The summed E-state index contributed by atoms with van der Waals surface area (Å²) in [5.41, 5.74) is 2.04. The van der Waals surface area contributed by atoms with Crippen LogP contribution < -0.4 is 4.74 Å². The van der Waals surface area contributed by atoms with Gasteiger partial charge in [-0.05, 0) is 43.7 Å². The Morgan fingerprint density at radius 1 is 1.07 bits per heavy atom. The number of Topliss-reactive ketones (excluding diaryl/α,β-unsaturated/α-hetero) is 1. The van der Waals surface area contributed by atoms with Gasteiger partial charge >= 0.3 is 0 Å². The van der Waals surface area contributed by atoms with Crippen LogP contribution in [0.5, 0.6) is 5.75 Å². The molecule has 1 aromatic heterocycles. The minimum absolute atomic E-state index is 0.0795. The number of aryl methyl sites for hydroxylation is 1. The molecule has 1 fully saturated rings. The van der Waals surface area contributed by atoms with E-state index < -0.39 is 16.1 Å². The molecule has 7 nitrogen and oxygen atoms in total. The standard InChI is InChI=1S/C22H20N2O5S/c1-13-3-6-15(7-4-13)30(27,28)24-18-8-5-14(29-2)11-16(18)17-12-23-19(9-10-20(23)25)22(26)21(17)24/h3-8,11,19H,9-10,12H2,1-2H3. The average Bonchev–Trinajstić information content (AvgIpc) is 3.27. The van der Waals surface area contributed by atoms with Gasteiger partial charge in [0.1, 0.15) is 11.4 Å². The van der Waals surface area contributed by atoms with E-state index in [1.807, 2.05) is 6.92 Å². The molecule has 0 spiro atoms. The Morgan fingerprint density at radius 3 is 2.50 bits per heavy atom. The molecular formula is C22H20N2O5S. The Kier molecular flexibility index (Phi) is 4.05. The first-order valence-electron chi connectivity index (χ1n) is 9.70. The molecule has 2 aliphatic rings. The molecule has 0 bridgehead atoms. The number of benzene rings is 2. The fourth-order valence-corrected chi connectivity index (χ4v) is 5.99. The largest absolute Gasteiger partial charge is 0.497 e. The van der Waals surface area contributed by atoms with E-state index in [9.17, 15) is 18.0 Å². The molecule has 0 N–H and O–H groups in total. The maximum Gasteiger partial charge on any atom is 0.268 e. The van der Waals surface area contributed by atoms with E-state index in [-0.39, 0.29) is 28.8 Å². The number of amides is 1. The summed E-state index contributed by atoms with van der Waals surface area (Å²) < 4.78 is 33.8. The van der Waals surface area contributed by atoms with Gasteiger partial charge in [-0.3, -0.25) is 9.59 Å². The zero-order chi connectivity index (χ0) is 21.2. The molecule has 3 heterocycles. The maximum atomic E-state index is 13.6. The Morgan fingerprint density at radius 2 is 1.80 bits per heavy atom. The molecular weight excluding hydrogens is 404 g/mol. The zero-order valence-corrected chi connectivity index (χ0v) is 17.4. The van der Waals surface area contributed by atoms with Gasteiger partial charge in [-0.1, -0.05) is 17.7 Å². The minimum atomic E-state index is -4.02. The molecule has 0 saturated carbocycles. The molecule has 30 heavy (non-hydrogen) atoms. The highest BCUT2D eigenvalue weighted by Crippen LogP contribution is 2.39. The van der Waals surface area contributed by atoms with E-state index in [1.54, 1.807) is 47.4 Å². The van der Waals surface area contributed by atoms with Gasteiger partial charge in [0, 0.05) is 23.9 Å². The highest BCUT2D eigenvalue weighted by molar-refractivity contribution is 7.90. The van der Waals surface area contributed by atoms with E-state index in [1.165, 1.54) is 7.11 Å². The molecule has 2 aliphatic heterocycles. The first-order valence-corrected chi connectivity index (χ1v) is 11.1. The van der Waals surface area contributed by atoms with Crippen molar-refractivity contribution >= 4 is 32.6 Å². The third kappa shape index (κ3) is 2.53. The quantitative estimate of drug-likeness (QED) is 0.645. The number of ketones is 1. The average molecular weight is 424 g/mol. The van der Waals surface area contributed by atoms with Gasteiger partial charge in [0.25, 0.3) is 10.0 Å². The maximum absolute atomic E-state index is 13.6. The van der Waals surface area contributed by atoms with Crippen molar-refractivity contribution in [1.29, 1.82) is 0 Å². The van der Waals surface area contributed by atoms with Gasteiger partial charge in [0.15, 0.2) is 0 Å². The van der Waals surface area contributed by atoms with Crippen LogP contribution in [-0.4, -0.2) is 42.1 Å². The molecule has 5 rings (SSSR count). The summed E-state index contributed by atoms with van der Waals surface area (Å²) in [4.78, 5) is 27.4. The van der Waals surface area contributed by atoms with Crippen LogP contribution in [0.4, 0.5) is 0 Å². The van der Waals surface area contributed by atoms with E-state index in [2.05, 4.69) is 0 Å². The van der Waals surface area contributed by atoms with Gasteiger partial charge in [0.05, 0.1) is 23.6 Å². The Hall–Kier alpha value is -3.13. The monoisotopic (exact) mass is 424 g/mol. The normalized spacial score (nSPS) is 18.6. The van der Waals surface area contributed by atoms with E-state index >= 15 is 0 Å². The molecule has 3 aromatic rings. The summed E-state index contributed by atoms with van der Waals surface area (Å²) in [6.07, 6.45) is 0.708. The summed E-state index contributed by atoms with van der Waals surface area (Å²) in [6, 6.07) is 11.0. The number of carbonyl (C=O) groups excluding carboxylic acids is 2. The van der Waals surface area contributed by atoms with Gasteiger partial charge in [-0.15, -0.1) is 0 Å². The summed E-state index contributed by atoms with van der Waals surface area (Å²) in [7, 11) is -2.50. The van der Waals surface area contributed by atoms with Crippen molar-refractivity contribution in [2.24, 2.45) is 0 Å². The van der Waals surface area contributed by atoms with Crippen LogP contribution in [0.25, 0.3) is 10.9 Å². The van der Waals surface area contributed by atoms with Crippen LogP contribution in [0.15, 0.2) is 47.4 Å². The van der Waals surface area contributed by atoms with Crippen LogP contribution in [-0.2, 0) is 21.4 Å². The predicted molar refractivity (Wildman–Crippen MR) is 110 cm³/mol. The molecule has 0 radical (unpaired) electrons. The third-order valence-electron chi connectivity index (χ3n) is 5.99. The smallest absolute Gasteiger partial charge is 0.268 e. The van der Waals surface area contributed by atoms with E-state index in [0.717, 1.165) is 9.54 Å². The summed E-state index contributed by atoms with van der Waals surface area (Å²) in [6.45, 7) is 2.09. The second kappa shape index (κ2) is 6.43.